The molecule has 43 heavy (non-hydrogen) atoms. The van der Waals surface area contributed by atoms with Gasteiger partial charge < -0.3 is 14.0 Å². The van der Waals surface area contributed by atoms with Crippen molar-refractivity contribution in [1.29, 1.82) is 0 Å². The van der Waals surface area contributed by atoms with Crippen molar-refractivity contribution in [2.45, 2.75) is 125 Å². The highest BCUT2D eigenvalue weighted by atomic mass is 16.5. The van der Waals surface area contributed by atoms with Crippen molar-refractivity contribution in [1.82, 2.24) is 4.90 Å². The molecule has 5 unspecified atom stereocenters. The van der Waals surface area contributed by atoms with Gasteiger partial charge in [-0.15, -0.1) is 0 Å². The molecule has 0 aromatic carbocycles. The standard InChI is InChI=1S/C38H63N2O3/c1-33(2)14-16-38-17-15-36(6)26(31(38)32(33)42-25-38)8-9-28-35(5)12-11-29(34(3,4)27(35)10-13-37(28,36)7)43-30(41)24-40-21-18-39(19-22-40)20-23-40/h26-29,31-32H,8-25H2,1-7H3/q+1/t26?,27?,28?,29?,31?,32-,35-,36+,37+,38+/m0/s1. The van der Waals surface area contributed by atoms with Crippen molar-refractivity contribution >= 4 is 5.97 Å². The normalized spacial score (nSPS) is 55.8. The lowest BCUT2D eigenvalue weighted by Gasteiger charge is -2.73. The molecule has 0 radical (unpaired) electrons. The maximum absolute atomic E-state index is 13.5. The van der Waals surface area contributed by atoms with Crippen molar-refractivity contribution < 1.29 is 18.8 Å². The van der Waals surface area contributed by atoms with Crippen LogP contribution in [-0.2, 0) is 14.3 Å². The fourth-order valence-electron chi connectivity index (χ4n) is 14.6. The summed E-state index contributed by atoms with van der Waals surface area (Å²) in [6.45, 7) is 26.6. The van der Waals surface area contributed by atoms with Gasteiger partial charge in [-0.3, -0.25) is 4.90 Å². The molecule has 0 spiro atoms. The van der Waals surface area contributed by atoms with Gasteiger partial charge in [0.25, 0.3) is 0 Å². The Kier molecular flexibility index (Phi) is 6.39. The number of rotatable bonds is 3. The van der Waals surface area contributed by atoms with Gasteiger partial charge in [0.15, 0.2) is 6.54 Å². The molecule has 4 heterocycles. The smallest absolute Gasteiger partial charge is 0.362 e. The molecule has 4 bridgehead atoms. The van der Waals surface area contributed by atoms with Gasteiger partial charge in [0.05, 0.1) is 32.3 Å². The fraction of sp³-hybridized carbons (Fsp3) is 0.974. The highest BCUT2D eigenvalue weighted by molar-refractivity contribution is 5.71. The van der Waals surface area contributed by atoms with Crippen LogP contribution in [0.15, 0.2) is 0 Å². The first-order chi connectivity index (χ1) is 20.2. The van der Waals surface area contributed by atoms with Crippen molar-refractivity contribution in [2.24, 2.45) is 56.2 Å². The minimum absolute atomic E-state index is 0.0271. The van der Waals surface area contributed by atoms with E-state index in [1.165, 1.54) is 57.8 Å². The Morgan fingerprint density at radius 1 is 0.791 bits per heavy atom. The summed E-state index contributed by atoms with van der Waals surface area (Å²) in [6, 6.07) is 0. The summed E-state index contributed by atoms with van der Waals surface area (Å²) in [4.78, 5) is 16.1. The van der Waals surface area contributed by atoms with E-state index in [0.717, 1.165) is 74.5 Å². The Labute approximate surface area is 262 Å². The van der Waals surface area contributed by atoms with Crippen LogP contribution in [0.25, 0.3) is 0 Å². The van der Waals surface area contributed by atoms with Crippen LogP contribution in [0, 0.1) is 56.2 Å². The Hall–Kier alpha value is -0.650. The molecular weight excluding hydrogens is 532 g/mol. The van der Waals surface area contributed by atoms with Crippen LogP contribution in [0.3, 0.4) is 0 Å². The van der Waals surface area contributed by atoms with E-state index in [0.29, 0.717) is 45.6 Å². The zero-order valence-corrected chi connectivity index (χ0v) is 28.8. The third-order valence-electron chi connectivity index (χ3n) is 17.5. The maximum Gasteiger partial charge on any atom is 0.362 e. The first kappa shape index (κ1) is 29.7. The van der Waals surface area contributed by atoms with Gasteiger partial charge in [-0.1, -0.05) is 48.5 Å². The van der Waals surface area contributed by atoms with Crippen LogP contribution >= 0.6 is 0 Å². The second-order valence-corrected chi connectivity index (χ2v) is 19.6. The predicted molar refractivity (Wildman–Crippen MR) is 170 cm³/mol. The average molecular weight is 596 g/mol. The molecular formula is C38H63N2O3+. The predicted octanol–water partition coefficient (Wildman–Crippen LogP) is 6.93. The second-order valence-electron chi connectivity index (χ2n) is 19.6. The number of ether oxygens (including phenoxy) is 2. The summed E-state index contributed by atoms with van der Waals surface area (Å²) in [6.07, 6.45) is 13.7. The lowest BCUT2D eigenvalue weighted by atomic mass is 9.31. The number of quaternary nitrogens is 1. The van der Waals surface area contributed by atoms with E-state index in [9.17, 15) is 4.79 Å². The molecule has 9 rings (SSSR count). The van der Waals surface area contributed by atoms with Crippen molar-refractivity contribution in [3.05, 3.63) is 0 Å². The van der Waals surface area contributed by atoms with E-state index in [1.54, 1.807) is 0 Å². The first-order valence-corrected chi connectivity index (χ1v) is 18.6. The van der Waals surface area contributed by atoms with Gasteiger partial charge in [-0.25, -0.2) is 4.79 Å². The van der Waals surface area contributed by atoms with Gasteiger partial charge in [0, 0.05) is 25.0 Å². The van der Waals surface area contributed by atoms with Gasteiger partial charge in [-0.05, 0) is 115 Å². The quantitative estimate of drug-likeness (QED) is 0.262. The molecule has 5 nitrogen and oxygen atoms in total. The highest BCUT2D eigenvalue weighted by Crippen LogP contribution is 2.78. The zero-order chi connectivity index (χ0) is 30.3. The zero-order valence-electron chi connectivity index (χ0n) is 28.8. The van der Waals surface area contributed by atoms with E-state index in [4.69, 9.17) is 9.47 Å². The molecule has 5 heteroatoms. The number of carbonyl (C=O) groups is 1. The van der Waals surface area contributed by atoms with E-state index >= 15 is 0 Å². The molecule has 0 amide bonds. The average Bonchev–Trinajstić information content (AvgIpc) is 3.30. The second kappa shape index (κ2) is 9.24. The van der Waals surface area contributed by atoms with E-state index < -0.39 is 0 Å². The number of nitrogens with zero attached hydrogens (tertiary/aromatic N) is 2. The Balaban J connectivity index is 1.02. The van der Waals surface area contributed by atoms with Crippen LogP contribution in [0.5, 0.6) is 0 Å². The lowest BCUT2D eigenvalue weighted by Crippen LogP contribution is -2.69. The van der Waals surface area contributed by atoms with Crippen molar-refractivity contribution in [2.75, 3.05) is 52.4 Å². The van der Waals surface area contributed by atoms with E-state index in [2.05, 4.69) is 53.4 Å². The summed E-state index contributed by atoms with van der Waals surface area (Å²) in [7, 11) is 0. The van der Waals surface area contributed by atoms with Gasteiger partial charge in [0.1, 0.15) is 6.10 Å². The number of hydrogen-bond donors (Lipinski definition) is 0. The number of esters is 1. The van der Waals surface area contributed by atoms with Crippen LogP contribution in [0.1, 0.15) is 113 Å². The molecule has 9 aliphatic rings. The monoisotopic (exact) mass is 595 g/mol. The largest absolute Gasteiger partial charge is 0.458 e. The molecule has 4 aliphatic heterocycles. The summed E-state index contributed by atoms with van der Waals surface area (Å²) < 4.78 is 14.3. The molecule has 9 fully saturated rings. The molecule has 0 aromatic heterocycles. The van der Waals surface area contributed by atoms with E-state index in [-0.39, 0.29) is 17.5 Å². The maximum atomic E-state index is 13.5. The van der Waals surface area contributed by atoms with Gasteiger partial charge >= 0.3 is 5.97 Å². The Bertz CT molecular complexity index is 1140. The van der Waals surface area contributed by atoms with E-state index in [1.807, 2.05) is 0 Å². The Morgan fingerprint density at radius 3 is 2.21 bits per heavy atom. The topological polar surface area (TPSA) is 38.8 Å². The number of piperazine rings is 3. The molecule has 242 valence electrons. The van der Waals surface area contributed by atoms with Gasteiger partial charge in [0.2, 0.25) is 0 Å². The molecule has 0 N–H and O–H groups in total. The molecule has 0 aromatic rings. The minimum Gasteiger partial charge on any atom is -0.458 e. The molecule has 10 atom stereocenters. The van der Waals surface area contributed by atoms with Crippen LogP contribution in [0.2, 0.25) is 0 Å². The van der Waals surface area contributed by atoms with Crippen LogP contribution in [-0.4, -0.2) is 80.0 Å². The van der Waals surface area contributed by atoms with Crippen LogP contribution in [0.4, 0.5) is 0 Å². The lowest BCUT2D eigenvalue weighted by molar-refractivity contribution is -0.934. The molecule has 5 aliphatic carbocycles. The Morgan fingerprint density at radius 2 is 1.49 bits per heavy atom. The number of hydrogen-bond acceptors (Lipinski definition) is 4. The minimum atomic E-state index is 0.0271. The highest BCUT2D eigenvalue weighted by Gasteiger charge is 2.73. The summed E-state index contributed by atoms with van der Waals surface area (Å²) in [5.41, 5.74) is 1.92. The number of carbonyl (C=O) groups excluding carboxylic acids is 1. The van der Waals surface area contributed by atoms with Crippen molar-refractivity contribution in [3.63, 3.8) is 0 Å². The fourth-order valence-corrected chi connectivity index (χ4v) is 14.6. The first-order valence-electron chi connectivity index (χ1n) is 18.6. The summed E-state index contributed by atoms with van der Waals surface area (Å²) in [5, 5.41) is 0. The van der Waals surface area contributed by atoms with Crippen molar-refractivity contribution in [3.8, 4) is 0 Å². The van der Waals surface area contributed by atoms with Gasteiger partial charge in [-0.2, -0.15) is 0 Å². The summed E-state index contributed by atoms with van der Waals surface area (Å²) >= 11 is 0. The number of fused-ring (bicyclic) bond motifs is 8. The summed E-state index contributed by atoms with van der Waals surface area (Å²) in [5.74, 6) is 3.04. The SMILES string of the molecule is CC1(C)C(OC(=O)C[N+]23CCN(CC2)CC3)CC[C@@]2(C)C1CC[C@]1(C)C2CCC2C3[C@@H]4OC[C@@]3(CCC4(C)C)CC[C@]21C. The molecule has 4 saturated heterocycles. The van der Waals surface area contributed by atoms with Crippen LogP contribution < -0.4 is 0 Å². The molecule has 5 saturated carbocycles. The third-order valence-corrected chi connectivity index (χ3v) is 17.5. The third kappa shape index (κ3) is 3.89.